The second kappa shape index (κ2) is 13.4. The first-order valence-corrected chi connectivity index (χ1v) is 5.59. The van der Waals surface area contributed by atoms with E-state index in [9.17, 15) is 18.0 Å². The van der Waals surface area contributed by atoms with Crippen LogP contribution in [-0.2, 0) is 19.7 Å². The zero-order valence-electron chi connectivity index (χ0n) is 7.98. The van der Waals surface area contributed by atoms with Crippen LogP contribution >= 0.6 is 0 Å². The summed E-state index contributed by atoms with van der Waals surface area (Å²) in [6.07, 6.45) is -0.892. The fourth-order valence-electron chi connectivity index (χ4n) is 0.850. The molecule has 0 amide bonds. The Morgan fingerprint density at radius 3 is 1.79 bits per heavy atom. The molecule has 13 heteroatoms. The summed E-state index contributed by atoms with van der Waals surface area (Å²) in [5.41, 5.74) is 0. The van der Waals surface area contributed by atoms with E-state index in [1.165, 1.54) is 0 Å². The zero-order valence-corrected chi connectivity index (χ0v) is 8.79. The average molecular weight is 329 g/mol. The van der Waals surface area contributed by atoms with Gasteiger partial charge in [-0.3, -0.25) is 14.1 Å². The van der Waals surface area contributed by atoms with E-state index >= 15 is 0 Å². The molecule has 0 heterocycles. The van der Waals surface area contributed by atoms with Gasteiger partial charge in [-0.25, -0.2) is 0 Å². The van der Waals surface area contributed by atoms with E-state index in [4.69, 9.17) is 20.0 Å². The van der Waals surface area contributed by atoms with Crippen molar-refractivity contribution in [3.63, 3.8) is 0 Å². The first-order chi connectivity index (χ1) is 7.13. The van der Waals surface area contributed by atoms with E-state index in [0.29, 0.717) is 0 Å². The predicted molar refractivity (Wildman–Crippen MR) is 70.0 cm³/mol. The van der Waals surface area contributed by atoms with Gasteiger partial charge in [-0.2, -0.15) is 13.5 Å². The van der Waals surface area contributed by atoms with Crippen LogP contribution in [0, 0.1) is 0 Å². The molecule has 0 radical (unpaired) electrons. The molecule has 0 aliphatic rings. The van der Waals surface area contributed by atoms with E-state index in [0.717, 1.165) is 0 Å². The summed E-state index contributed by atoms with van der Waals surface area (Å²) in [4.78, 5) is 20.8. The van der Waals surface area contributed by atoms with Gasteiger partial charge in [0.25, 0.3) is 10.1 Å². The molecule has 100 valence electrons. The van der Waals surface area contributed by atoms with Crippen LogP contribution in [0.25, 0.3) is 0 Å². The molecule has 0 aromatic rings. The van der Waals surface area contributed by atoms with Crippen molar-refractivity contribution in [1.82, 2.24) is 5.06 Å². The fourth-order valence-corrected chi connectivity index (χ4v) is 1.27. The zero-order chi connectivity index (χ0) is 12.9. The maximum atomic E-state index is 10.5. The number of hydrogen-bond donors (Lipinski definition) is 4. The summed E-state index contributed by atoms with van der Waals surface area (Å²) in [6, 6.07) is -1.76. The summed E-state index contributed by atoms with van der Waals surface area (Å²) in [6.45, 7) is -0.705. The quantitative estimate of drug-likeness (QED) is 0.212. The molecule has 0 aliphatic carbocycles. The molecule has 0 rings (SSSR count). The van der Waals surface area contributed by atoms with Gasteiger partial charge >= 0.3 is 101 Å². The van der Waals surface area contributed by atoms with Crippen molar-refractivity contribution in [3.05, 3.63) is 0 Å². The number of nitrogens with zero attached hydrogens (tertiary/aromatic N) is 1. The molecule has 19 heavy (non-hydrogen) atoms. The normalized spacial score (nSPS) is 11.5. The fraction of sp³-hybridized carbons (Fsp3) is 0.667. The molecule has 9 nitrogen and oxygen atoms in total. The number of rotatable bonds is 7. The van der Waals surface area contributed by atoms with E-state index in [1.807, 2.05) is 0 Å². The Bertz CT molecular complexity index is 375. The Balaban J connectivity index is -0.000000375. The Morgan fingerprint density at radius 2 is 1.53 bits per heavy atom. The minimum atomic E-state index is -4.35. The van der Waals surface area contributed by atoms with Crippen molar-refractivity contribution >= 4 is 111 Å². The van der Waals surface area contributed by atoms with Gasteiger partial charge in [0.1, 0.15) is 6.04 Å². The molecular weight excluding hydrogens is 315 g/mol. The van der Waals surface area contributed by atoms with Gasteiger partial charge in [-0.15, -0.1) is 0 Å². The van der Waals surface area contributed by atoms with Crippen LogP contribution in [0.1, 0.15) is 6.42 Å². The van der Waals surface area contributed by atoms with Crippen molar-refractivity contribution in [1.29, 1.82) is 0 Å². The molecule has 0 spiro atoms. The van der Waals surface area contributed by atoms with Crippen LogP contribution in [0.15, 0.2) is 0 Å². The first kappa shape index (κ1) is 28.9. The summed E-state index contributed by atoms with van der Waals surface area (Å²) in [5, 5.41) is 26.0. The number of aliphatic carboxylic acids is 2. The second-order valence-electron chi connectivity index (χ2n) is 2.90. The van der Waals surface area contributed by atoms with Crippen molar-refractivity contribution in [3.8, 4) is 0 Å². The third-order valence-electron chi connectivity index (χ3n) is 1.59. The van der Waals surface area contributed by atoms with Gasteiger partial charge in [0.15, 0.2) is 0 Å². The van der Waals surface area contributed by atoms with E-state index in [-0.39, 0.29) is 93.7 Å². The van der Waals surface area contributed by atoms with Gasteiger partial charge in [0, 0.05) is 6.54 Å². The van der Waals surface area contributed by atoms with E-state index in [2.05, 4.69) is 0 Å². The number of carboxylic acid groups (broad SMARTS) is 2. The molecular formula is C6H14NNa3O8S. The van der Waals surface area contributed by atoms with E-state index in [1.54, 1.807) is 0 Å². The van der Waals surface area contributed by atoms with Crippen LogP contribution < -0.4 is 0 Å². The van der Waals surface area contributed by atoms with Crippen LogP contribution in [0.2, 0.25) is 0 Å². The van der Waals surface area contributed by atoms with Gasteiger partial charge in [0.2, 0.25) is 0 Å². The summed E-state index contributed by atoms with van der Waals surface area (Å²) < 4.78 is 28.9. The molecule has 0 unspecified atom stereocenters. The van der Waals surface area contributed by atoms with Crippen molar-refractivity contribution in [2.24, 2.45) is 0 Å². The number of hydroxylamine groups is 2. The van der Waals surface area contributed by atoms with Gasteiger partial charge < -0.3 is 15.4 Å². The third-order valence-corrected chi connectivity index (χ3v) is 2.29. The summed E-state index contributed by atoms with van der Waals surface area (Å²) in [5.74, 6) is -3.97. The topological polar surface area (TPSA) is 152 Å². The predicted octanol–water partition coefficient (Wildman–Crippen LogP) is -3.45. The summed E-state index contributed by atoms with van der Waals surface area (Å²) in [7, 11) is -4.35. The Labute approximate surface area is 176 Å². The van der Waals surface area contributed by atoms with Gasteiger partial charge in [-0.1, -0.05) is 0 Å². The molecule has 0 aromatic carbocycles. The second-order valence-corrected chi connectivity index (χ2v) is 4.47. The molecule has 4 N–H and O–H groups in total. The van der Waals surface area contributed by atoms with Crippen LogP contribution in [0.3, 0.4) is 0 Å². The van der Waals surface area contributed by atoms with Crippen molar-refractivity contribution < 1.29 is 38.0 Å². The molecule has 0 fully saturated rings. The Hall–Kier alpha value is 1.77. The van der Waals surface area contributed by atoms with Gasteiger partial charge in [-0.05, 0) is 0 Å². The van der Waals surface area contributed by atoms with Crippen LogP contribution in [0.5, 0.6) is 0 Å². The maximum absolute atomic E-state index is 10.5. The first-order valence-electron chi connectivity index (χ1n) is 3.98. The number of carbonyl (C=O) groups is 2. The third kappa shape index (κ3) is 16.0. The van der Waals surface area contributed by atoms with Crippen LogP contribution in [0.4, 0.5) is 0 Å². The molecule has 0 saturated carbocycles. The molecule has 0 aromatic heterocycles. The van der Waals surface area contributed by atoms with Crippen molar-refractivity contribution in [2.45, 2.75) is 12.5 Å². The molecule has 1 atom stereocenters. The number of hydrogen-bond acceptors (Lipinski definition) is 6. The molecule has 0 saturated heterocycles. The standard InChI is InChI=1S/C6H11NO8S.3Na.3H/c8-5(9)3-4(6(10)11)7(12)1-2-16(13,14)15;;;;;;/h4,12H,1-3H2,(H,8,9)(H,10,11)(H,13,14,15);;;;;;/t4-;;;;;;/m0....../s1. The number of carboxylic acids is 2. The SMILES string of the molecule is O=C(O)C[C@@H](C(=O)O)N(O)CCS(=O)(=O)O.[NaH].[NaH].[NaH]. The van der Waals surface area contributed by atoms with Crippen molar-refractivity contribution in [2.75, 3.05) is 12.3 Å². The van der Waals surface area contributed by atoms with Crippen LogP contribution in [-0.4, -0.2) is 152 Å². The monoisotopic (exact) mass is 329 g/mol. The average Bonchev–Trinajstić information content (AvgIpc) is 2.08. The Kier molecular flexibility index (Phi) is 20.4. The molecule has 0 aliphatic heterocycles. The molecule has 0 bridgehead atoms. The van der Waals surface area contributed by atoms with Gasteiger partial charge in [0.05, 0.1) is 12.2 Å². The summed E-state index contributed by atoms with van der Waals surface area (Å²) >= 11 is 0. The minimum absolute atomic E-state index is 0. The van der Waals surface area contributed by atoms with E-state index < -0.39 is 46.8 Å². The Morgan fingerprint density at radius 1 is 1.11 bits per heavy atom.